The molecule has 1 N–H and O–H groups in total. The Morgan fingerprint density at radius 3 is 2.52 bits per heavy atom. The molecule has 0 spiro atoms. The monoisotopic (exact) mass is 317 g/mol. The maximum absolute atomic E-state index is 12.2. The predicted molar refractivity (Wildman–Crippen MR) is 82.4 cm³/mol. The Balaban J connectivity index is 1.86. The van der Waals surface area contributed by atoms with Gasteiger partial charge in [0.05, 0.1) is 12.3 Å². The van der Waals surface area contributed by atoms with Crippen LogP contribution in [0.25, 0.3) is 0 Å². The highest BCUT2D eigenvalue weighted by atomic mass is 32.2. The first-order valence-electron chi connectivity index (χ1n) is 7.90. The summed E-state index contributed by atoms with van der Waals surface area (Å²) in [6.45, 7) is 6.97. The zero-order chi connectivity index (χ0) is 15.5. The van der Waals surface area contributed by atoms with E-state index in [1.54, 1.807) is 6.92 Å². The Hall–Kier alpha value is -0.660. The van der Waals surface area contributed by atoms with Crippen LogP contribution >= 0.6 is 0 Å². The third-order valence-electron chi connectivity index (χ3n) is 4.50. The summed E-state index contributed by atoms with van der Waals surface area (Å²) in [5, 5.41) is 0. The van der Waals surface area contributed by atoms with Gasteiger partial charge in [0.25, 0.3) is 0 Å². The number of carbonyl (C=O) groups is 1. The second kappa shape index (κ2) is 7.07. The zero-order valence-corrected chi connectivity index (χ0v) is 13.9. The molecule has 1 aliphatic heterocycles. The van der Waals surface area contributed by atoms with E-state index in [2.05, 4.69) is 16.5 Å². The lowest BCUT2D eigenvalue weighted by Crippen LogP contribution is -2.44. The molecule has 2 fully saturated rings. The molecule has 1 saturated carbocycles. The van der Waals surface area contributed by atoms with E-state index in [0.29, 0.717) is 18.5 Å². The van der Waals surface area contributed by atoms with E-state index in [0.717, 1.165) is 19.6 Å². The lowest BCUT2D eigenvalue weighted by molar-refractivity contribution is -0.130. The van der Waals surface area contributed by atoms with E-state index in [4.69, 9.17) is 0 Å². The van der Waals surface area contributed by atoms with Crippen molar-refractivity contribution in [1.29, 1.82) is 0 Å². The van der Waals surface area contributed by atoms with E-state index < -0.39 is 10.0 Å². The smallest absolute Gasteiger partial charge is 0.237 e. The van der Waals surface area contributed by atoms with Gasteiger partial charge in [-0.1, -0.05) is 13.3 Å². The van der Waals surface area contributed by atoms with Crippen molar-refractivity contribution in [1.82, 2.24) is 14.5 Å². The maximum atomic E-state index is 12.2. The van der Waals surface area contributed by atoms with E-state index in [1.807, 2.05) is 4.90 Å². The average Bonchev–Trinajstić information content (AvgIpc) is 2.56. The highest BCUT2D eigenvalue weighted by molar-refractivity contribution is 7.89. The molecule has 7 heteroatoms. The van der Waals surface area contributed by atoms with Crippen LogP contribution in [0.1, 0.15) is 33.1 Å². The van der Waals surface area contributed by atoms with Crippen LogP contribution in [0, 0.1) is 5.92 Å². The fourth-order valence-corrected chi connectivity index (χ4v) is 3.51. The lowest BCUT2D eigenvalue weighted by atomic mass is 9.91. The first-order valence-corrected chi connectivity index (χ1v) is 9.55. The number of carbonyl (C=O) groups excluding carboxylic acids is 1. The molecule has 0 aromatic carbocycles. The number of nitrogens with zero attached hydrogens (tertiary/aromatic N) is 2. The molecule has 0 aromatic rings. The van der Waals surface area contributed by atoms with Crippen molar-refractivity contribution in [2.24, 2.45) is 5.92 Å². The number of hydrogen-bond acceptors (Lipinski definition) is 4. The van der Waals surface area contributed by atoms with E-state index in [9.17, 15) is 13.2 Å². The molecular weight excluding hydrogens is 290 g/mol. The molecule has 1 aliphatic carbocycles. The molecule has 0 bridgehead atoms. The standard InChI is InChI=1S/C14H27N3O3S/c1-3-21(19,20)15-9-14(18)17-8-7-16(10-12(2)11-17)13-5-4-6-13/h12-13,15H,3-11H2,1-2H3. The summed E-state index contributed by atoms with van der Waals surface area (Å²) < 4.78 is 25.2. The van der Waals surface area contributed by atoms with Gasteiger partial charge in [-0.05, 0) is 25.7 Å². The fourth-order valence-electron chi connectivity index (χ4n) is 2.96. The molecule has 6 nitrogen and oxygen atoms in total. The molecule has 1 heterocycles. The Kier molecular flexibility index (Phi) is 5.62. The number of amides is 1. The van der Waals surface area contributed by atoms with Crippen molar-refractivity contribution < 1.29 is 13.2 Å². The molecule has 122 valence electrons. The second-order valence-corrected chi connectivity index (χ2v) is 8.34. The summed E-state index contributed by atoms with van der Waals surface area (Å²) in [5.41, 5.74) is 0. The maximum Gasteiger partial charge on any atom is 0.237 e. The van der Waals surface area contributed by atoms with Crippen molar-refractivity contribution in [2.45, 2.75) is 39.2 Å². The Bertz CT molecular complexity index is 462. The van der Waals surface area contributed by atoms with Gasteiger partial charge in [-0.15, -0.1) is 0 Å². The molecule has 0 radical (unpaired) electrons. The van der Waals surface area contributed by atoms with E-state index in [-0.39, 0.29) is 18.2 Å². The van der Waals surface area contributed by atoms with Crippen molar-refractivity contribution in [3.63, 3.8) is 0 Å². The minimum absolute atomic E-state index is 0.00609. The van der Waals surface area contributed by atoms with Crippen LogP contribution < -0.4 is 4.72 Å². The summed E-state index contributed by atoms with van der Waals surface area (Å²) in [4.78, 5) is 16.5. The van der Waals surface area contributed by atoms with Gasteiger partial charge in [-0.2, -0.15) is 0 Å². The zero-order valence-electron chi connectivity index (χ0n) is 13.0. The molecule has 21 heavy (non-hydrogen) atoms. The van der Waals surface area contributed by atoms with E-state index >= 15 is 0 Å². The van der Waals surface area contributed by atoms with Crippen LogP contribution in [0.3, 0.4) is 0 Å². The largest absolute Gasteiger partial charge is 0.340 e. The highest BCUT2D eigenvalue weighted by Crippen LogP contribution is 2.26. The van der Waals surface area contributed by atoms with Crippen molar-refractivity contribution in [3.05, 3.63) is 0 Å². The summed E-state index contributed by atoms with van der Waals surface area (Å²) in [5.74, 6) is 0.320. The highest BCUT2D eigenvalue weighted by Gasteiger charge is 2.30. The van der Waals surface area contributed by atoms with Crippen LogP contribution in [0.2, 0.25) is 0 Å². The van der Waals surface area contributed by atoms with Gasteiger partial charge in [0.15, 0.2) is 0 Å². The lowest BCUT2D eigenvalue weighted by Gasteiger charge is -2.37. The van der Waals surface area contributed by atoms with Crippen LogP contribution in [0.4, 0.5) is 0 Å². The van der Waals surface area contributed by atoms with Gasteiger partial charge < -0.3 is 4.90 Å². The van der Waals surface area contributed by atoms with E-state index in [1.165, 1.54) is 19.3 Å². The fraction of sp³-hybridized carbons (Fsp3) is 0.929. The number of nitrogens with one attached hydrogen (secondary N) is 1. The number of hydrogen-bond donors (Lipinski definition) is 1. The topological polar surface area (TPSA) is 69.7 Å². The second-order valence-electron chi connectivity index (χ2n) is 6.25. The van der Waals surface area contributed by atoms with Gasteiger partial charge in [-0.25, -0.2) is 13.1 Å². The van der Waals surface area contributed by atoms with Crippen molar-refractivity contribution in [2.75, 3.05) is 38.5 Å². The predicted octanol–water partition coefficient (Wildman–Crippen LogP) is 0.259. The molecule has 1 amide bonds. The van der Waals surface area contributed by atoms with Gasteiger partial charge in [0, 0.05) is 32.2 Å². The van der Waals surface area contributed by atoms with Gasteiger partial charge in [-0.3, -0.25) is 9.69 Å². The Labute approximate surface area is 127 Å². The van der Waals surface area contributed by atoms with Crippen LogP contribution in [0.15, 0.2) is 0 Å². The van der Waals surface area contributed by atoms with Gasteiger partial charge in [0.2, 0.25) is 15.9 Å². The van der Waals surface area contributed by atoms with Gasteiger partial charge >= 0.3 is 0 Å². The first kappa shape index (κ1) is 16.7. The SMILES string of the molecule is CCS(=O)(=O)NCC(=O)N1CCN(C2CCC2)CC(C)C1. The normalized spacial score (nSPS) is 25.4. The van der Waals surface area contributed by atoms with Crippen molar-refractivity contribution in [3.8, 4) is 0 Å². The minimum Gasteiger partial charge on any atom is -0.340 e. The average molecular weight is 317 g/mol. The molecular formula is C14H27N3O3S. The minimum atomic E-state index is -3.30. The summed E-state index contributed by atoms with van der Waals surface area (Å²) in [6.07, 6.45) is 3.87. The summed E-state index contributed by atoms with van der Waals surface area (Å²) >= 11 is 0. The molecule has 2 rings (SSSR count). The molecule has 1 saturated heterocycles. The number of sulfonamides is 1. The quantitative estimate of drug-likeness (QED) is 0.789. The Morgan fingerprint density at radius 1 is 1.24 bits per heavy atom. The first-order chi connectivity index (χ1) is 9.91. The van der Waals surface area contributed by atoms with Crippen LogP contribution in [-0.2, 0) is 14.8 Å². The van der Waals surface area contributed by atoms with Crippen molar-refractivity contribution >= 4 is 15.9 Å². The molecule has 1 unspecified atom stereocenters. The molecule has 2 aliphatic rings. The summed E-state index contributed by atoms with van der Waals surface area (Å²) in [7, 11) is -3.30. The summed E-state index contributed by atoms with van der Waals surface area (Å²) in [6, 6.07) is 0.695. The van der Waals surface area contributed by atoms with Gasteiger partial charge in [0.1, 0.15) is 0 Å². The number of rotatable bonds is 5. The molecule has 0 aromatic heterocycles. The third kappa shape index (κ3) is 4.66. The third-order valence-corrected chi connectivity index (χ3v) is 5.85. The molecule has 1 atom stereocenters. The Morgan fingerprint density at radius 2 is 1.95 bits per heavy atom. The van der Waals surface area contributed by atoms with Crippen LogP contribution in [0.5, 0.6) is 0 Å². The van der Waals surface area contributed by atoms with Crippen LogP contribution in [-0.4, -0.2) is 68.6 Å².